The molecule has 0 aliphatic carbocycles. The first-order valence-corrected chi connectivity index (χ1v) is 5.44. The summed E-state index contributed by atoms with van der Waals surface area (Å²) in [7, 11) is 3.92. The molecule has 0 fully saturated rings. The molecule has 0 amide bonds. The van der Waals surface area contributed by atoms with E-state index in [0.717, 1.165) is 11.3 Å². The van der Waals surface area contributed by atoms with Gasteiger partial charge in [0, 0.05) is 38.3 Å². The van der Waals surface area contributed by atoms with Crippen LogP contribution in [-0.4, -0.2) is 44.6 Å². The number of hydrogen-bond acceptors (Lipinski definition) is 5. The molecule has 0 saturated carbocycles. The molecule has 0 atom stereocenters. The summed E-state index contributed by atoms with van der Waals surface area (Å²) in [5, 5.41) is 11.9. The predicted octanol–water partition coefficient (Wildman–Crippen LogP) is 1.00. The Morgan fingerprint density at radius 3 is 2.50 bits per heavy atom. The molecule has 2 heterocycles. The number of nitrogens with zero attached hydrogens (tertiary/aromatic N) is 6. The van der Waals surface area contributed by atoms with Crippen molar-refractivity contribution in [3.8, 4) is 0 Å². The molecule has 0 aromatic carbocycles. The van der Waals surface area contributed by atoms with E-state index in [0.29, 0.717) is 0 Å². The van der Waals surface area contributed by atoms with Crippen LogP contribution in [0.25, 0.3) is 0 Å². The Balaban J connectivity index is 2.35. The average molecular weight is 242 g/mol. The summed E-state index contributed by atoms with van der Waals surface area (Å²) >= 11 is 0. The van der Waals surface area contributed by atoms with Crippen molar-refractivity contribution < 1.29 is 0 Å². The van der Waals surface area contributed by atoms with Crippen LogP contribution >= 0.6 is 0 Å². The first-order valence-electron chi connectivity index (χ1n) is 5.44. The van der Waals surface area contributed by atoms with Crippen molar-refractivity contribution in [2.75, 3.05) is 14.1 Å². The summed E-state index contributed by atoms with van der Waals surface area (Å²) in [6.07, 6.45) is 10.4. The fraction of sp³-hybridized carbons (Fsp3) is 0.167. The lowest BCUT2D eigenvalue weighted by atomic mass is 10.1. The Labute approximate surface area is 105 Å². The van der Waals surface area contributed by atoms with Crippen LogP contribution in [-0.2, 0) is 0 Å². The maximum Gasteiger partial charge on any atom is 0.141 e. The SMILES string of the molecule is CN(C)/C=C\C(=N/n1cnnc1)c1ccncc1. The van der Waals surface area contributed by atoms with Crippen LogP contribution in [0.15, 0.2) is 54.6 Å². The van der Waals surface area contributed by atoms with Gasteiger partial charge in [-0.25, -0.2) is 4.68 Å². The molecule has 0 spiro atoms. The summed E-state index contributed by atoms with van der Waals surface area (Å²) in [5.74, 6) is 0. The van der Waals surface area contributed by atoms with Crippen LogP contribution in [0, 0.1) is 0 Å². The smallest absolute Gasteiger partial charge is 0.141 e. The van der Waals surface area contributed by atoms with Crippen molar-refractivity contribution in [1.82, 2.24) is 24.8 Å². The Bertz CT molecular complexity index is 527. The molecular formula is C12H14N6. The molecule has 0 radical (unpaired) electrons. The molecule has 6 nitrogen and oxygen atoms in total. The largest absolute Gasteiger partial charge is 0.383 e. The number of hydrogen-bond donors (Lipinski definition) is 0. The van der Waals surface area contributed by atoms with E-state index >= 15 is 0 Å². The van der Waals surface area contributed by atoms with Gasteiger partial charge in [0.2, 0.25) is 0 Å². The van der Waals surface area contributed by atoms with Gasteiger partial charge in [0.05, 0.1) is 5.71 Å². The van der Waals surface area contributed by atoms with Gasteiger partial charge in [-0.2, -0.15) is 5.10 Å². The van der Waals surface area contributed by atoms with E-state index in [1.54, 1.807) is 29.7 Å². The van der Waals surface area contributed by atoms with Gasteiger partial charge in [0.25, 0.3) is 0 Å². The Morgan fingerprint density at radius 1 is 1.22 bits per heavy atom. The summed E-state index contributed by atoms with van der Waals surface area (Å²) in [4.78, 5) is 5.95. The molecule has 0 N–H and O–H groups in total. The predicted molar refractivity (Wildman–Crippen MR) is 69.0 cm³/mol. The summed E-state index contributed by atoms with van der Waals surface area (Å²) < 4.78 is 1.57. The van der Waals surface area contributed by atoms with Crippen molar-refractivity contribution in [2.24, 2.45) is 5.10 Å². The molecule has 0 saturated heterocycles. The normalized spacial score (nSPS) is 12.0. The molecule has 6 heteroatoms. The van der Waals surface area contributed by atoms with Crippen LogP contribution < -0.4 is 0 Å². The summed E-state index contributed by atoms with van der Waals surface area (Å²) in [6, 6.07) is 3.81. The third-order valence-corrected chi connectivity index (χ3v) is 2.14. The zero-order valence-electron chi connectivity index (χ0n) is 10.3. The Kier molecular flexibility index (Phi) is 3.80. The third kappa shape index (κ3) is 3.24. The topological polar surface area (TPSA) is 59.2 Å². The van der Waals surface area contributed by atoms with E-state index < -0.39 is 0 Å². The molecule has 2 aromatic rings. The minimum atomic E-state index is 0.811. The minimum absolute atomic E-state index is 0.811. The fourth-order valence-corrected chi connectivity index (χ4v) is 1.30. The van der Waals surface area contributed by atoms with Crippen molar-refractivity contribution in [2.45, 2.75) is 0 Å². The van der Waals surface area contributed by atoms with E-state index in [9.17, 15) is 0 Å². The van der Waals surface area contributed by atoms with Gasteiger partial charge < -0.3 is 4.90 Å². The van der Waals surface area contributed by atoms with Crippen LogP contribution in [0.5, 0.6) is 0 Å². The average Bonchev–Trinajstić information content (AvgIpc) is 2.88. The van der Waals surface area contributed by atoms with Crippen LogP contribution in [0.3, 0.4) is 0 Å². The summed E-state index contributed by atoms with van der Waals surface area (Å²) in [6.45, 7) is 0. The van der Waals surface area contributed by atoms with E-state index in [2.05, 4.69) is 20.3 Å². The monoisotopic (exact) mass is 242 g/mol. The lowest BCUT2D eigenvalue weighted by Crippen LogP contribution is -2.05. The van der Waals surface area contributed by atoms with Gasteiger partial charge >= 0.3 is 0 Å². The van der Waals surface area contributed by atoms with Crippen LogP contribution in [0.1, 0.15) is 5.56 Å². The molecule has 2 aromatic heterocycles. The Hall–Kier alpha value is -2.50. The third-order valence-electron chi connectivity index (χ3n) is 2.14. The highest BCUT2D eigenvalue weighted by Crippen LogP contribution is 2.02. The number of rotatable bonds is 4. The highest BCUT2D eigenvalue weighted by Gasteiger charge is 2.00. The second kappa shape index (κ2) is 5.72. The van der Waals surface area contributed by atoms with E-state index in [1.807, 2.05) is 43.4 Å². The van der Waals surface area contributed by atoms with Gasteiger partial charge in [-0.1, -0.05) is 0 Å². The highest BCUT2D eigenvalue weighted by molar-refractivity contribution is 6.08. The zero-order chi connectivity index (χ0) is 12.8. The molecule has 0 bridgehead atoms. The number of pyridine rings is 1. The molecule has 0 unspecified atom stereocenters. The highest BCUT2D eigenvalue weighted by atomic mass is 15.4. The standard InChI is InChI=1S/C12H14N6/c1-17(2)8-5-12(11-3-6-13-7-4-11)16-18-9-14-15-10-18/h3-10H,1-2H3/b8-5-,16-12+. The first-order chi connectivity index (χ1) is 8.75. The van der Waals surface area contributed by atoms with E-state index in [4.69, 9.17) is 0 Å². The minimum Gasteiger partial charge on any atom is -0.383 e. The molecule has 18 heavy (non-hydrogen) atoms. The summed E-state index contributed by atoms with van der Waals surface area (Å²) in [5.41, 5.74) is 1.79. The van der Waals surface area contributed by atoms with Gasteiger partial charge in [0.15, 0.2) is 0 Å². The second-order valence-corrected chi connectivity index (χ2v) is 3.84. The van der Waals surface area contributed by atoms with Gasteiger partial charge in [-0.3, -0.25) is 4.98 Å². The fourth-order valence-electron chi connectivity index (χ4n) is 1.30. The first kappa shape index (κ1) is 12.0. The van der Waals surface area contributed by atoms with Crippen LogP contribution in [0.2, 0.25) is 0 Å². The number of allylic oxidation sites excluding steroid dienone is 1. The van der Waals surface area contributed by atoms with E-state index in [1.165, 1.54) is 0 Å². The van der Waals surface area contributed by atoms with Gasteiger partial charge in [0.1, 0.15) is 12.7 Å². The molecule has 92 valence electrons. The molecular weight excluding hydrogens is 228 g/mol. The zero-order valence-corrected chi connectivity index (χ0v) is 10.3. The Morgan fingerprint density at radius 2 is 1.89 bits per heavy atom. The van der Waals surface area contributed by atoms with Crippen molar-refractivity contribution >= 4 is 5.71 Å². The maximum atomic E-state index is 4.43. The van der Waals surface area contributed by atoms with E-state index in [-0.39, 0.29) is 0 Å². The van der Waals surface area contributed by atoms with Crippen LogP contribution in [0.4, 0.5) is 0 Å². The number of aromatic nitrogens is 4. The van der Waals surface area contributed by atoms with Crippen molar-refractivity contribution in [1.29, 1.82) is 0 Å². The second-order valence-electron chi connectivity index (χ2n) is 3.84. The van der Waals surface area contributed by atoms with Gasteiger partial charge in [-0.15, -0.1) is 10.2 Å². The van der Waals surface area contributed by atoms with Crippen molar-refractivity contribution in [3.63, 3.8) is 0 Å². The molecule has 2 rings (SSSR count). The van der Waals surface area contributed by atoms with Gasteiger partial charge in [-0.05, 0) is 18.2 Å². The molecule has 0 aliphatic heterocycles. The maximum absolute atomic E-state index is 4.43. The lowest BCUT2D eigenvalue weighted by Gasteiger charge is -2.05. The quantitative estimate of drug-likeness (QED) is 0.750. The van der Waals surface area contributed by atoms with Crippen molar-refractivity contribution in [3.05, 3.63) is 55.0 Å². The lowest BCUT2D eigenvalue weighted by molar-refractivity contribution is 0.564. The molecule has 0 aliphatic rings.